The first-order valence-electron chi connectivity index (χ1n) is 10.6. The summed E-state index contributed by atoms with van der Waals surface area (Å²) in [4.78, 5) is 33.9. The predicted octanol–water partition coefficient (Wildman–Crippen LogP) is 4.65. The second-order valence-corrected chi connectivity index (χ2v) is 10.6. The Hall–Kier alpha value is -1.64. The minimum absolute atomic E-state index is 0.0142. The molecular weight excluding hydrogens is 434 g/mol. The number of amides is 1. The van der Waals surface area contributed by atoms with Gasteiger partial charge >= 0.3 is 0 Å². The minimum atomic E-state index is -0.0142. The molecule has 0 aliphatic heterocycles. The number of aromatic nitrogens is 2. The Bertz CT molecular complexity index is 1070. The van der Waals surface area contributed by atoms with Crippen molar-refractivity contribution in [3.05, 3.63) is 43.2 Å². The lowest BCUT2D eigenvalue weighted by Crippen LogP contribution is -2.28. The molecule has 3 aromatic heterocycles. The number of thioether (sulfide) groups is 1. The van der Waals surface area contributed by atoms with Crippen LogP contribution in [-0.4, -0.2) is 27.8 Å². The molecule has 1 aliphatic carbocycles. The van der Waals surface area contributed by atoms with Gasteiger partial charge in [-0.25, -0.2) is 4.98 Å². The van der Waals surface area contributed by atoms with Crippen molar-refractivity contribution in [1.29, 1.82) is 0 Å². The van der Waals surface area contributed by atoms with Gasteiger partial charge in [-0.15, -0.1) is 22.7 Å². The average Bonchev–Trinajstić information content (AvgIpc) is 3.46. The summed E-state index contributed by atoms with van der Waals surface area (Å²) < 4.78 is 1.81. The van der Waals surface area contributed by atoms with Crippen LogP contribution in [0.2, 0.25) is 0 Å². The molecule has 30 heavy (non-hydrogen) atoms. The van der Waals surface area contributed by atoms with Crippen molar-refractivity contribution >= 4 is 50.6 Å². The second kappa shape index (κ2) is 10.1. The summed E-state index contributed by atoms with van der Waals surface area (Å²) in [5.41, 5.74) is 1.30. The smallest absolute Gasteiger partial charge is 0.263 e. The molecule has 0 aromatic carbocycles. The van der Waals surface area contributed by atoms with Crippen LogP contribution in [0, 0.1) is 0 Å². The SMILES string of the molecule is CCCCCn1c(SCC(=O)NCCc2cccs2)nc2sc3c(c2c1=O)CCC3. The van der Waals surface area contributed by atoms with Crippen LogP contribution < -0.4 is 10.9 Å². The van der Waals surface area contributed by atoms with E-state index in [0.29, 0.717) is 18.2 Å². The molecule has 0 bridgehead atoms. The molecule has 5 nitrogen and oxygen atoms in total. The van der Waals surface area contributed by atoms with Gasteiger partial charge in [0.05, 0.1) is 11.1 Å². The monoisotopic (exact) mass is 461 g/mol. The lowest BCUT2D eigenvalue weighted by molar-refractivity contribution is -0.118. The molecule has 0 saturated carbocycles. The molecule has 0 spiro atoms. The van der Waals surface area contributed by atoms with Gasteiger partial charge < -0.3 is 5.32 Å². The average molecular weight is 462 g/mol. The second-order valence-electron chi connectivity index (χ2n) is 7.56. The molecule has 0 radical (unpaired) electrons. The Labute approximate surface area is 188 Å². The van der Waals surface area contributed by atoms with Crippen LogP contribution in [0.15, 0.2) is 27.5 Å². The van der Waals surface area contributed by atoms with Gasteiger partial charge in [-0.05, 0) is 49.1 Å². The number of nitrogens with one attached hydrogen (secondary N) is 1. The Balaban J connectivity index is 1.48. The Morgan fingerprint density at radius 2 is 2.23 bits per heavy atom. The molecule has 8 heteroatoms. The molecule has 0 saturated heterocycles. The van der Waals surface area contributed by atoms with E-state index in [1.54, 1.807) is 22.7 Å². The van der Waals surface area contributed by atoms with Crippen molar-refractivity contribution in [2.75, 3.05) is 12.3 Å². The van der Waals surface area contributed by atoms with E-state index in [-0.39, 0.29) is 17.2 Å². The Kier molecular flexibility index (Phi) is 7.28. The molecule has 0 unspecified atom stereocenters. The van der Waals surface area contributed by atoms with Gasteiger partial charge in [0.1, 0.15) is 4.83 Å². The number of nitrogens with zero attached hydrogens (tertiary/aromatic N) is 2. The fourth-order valence-electron chi connectivity index (χ4n) is 3.85. The summed E-state index contributed by atoms with van der Waals surface area (Å²) >= 11 is 4.75. The van der Waals surface area contributed by atoms with Crippen LogP contribution in [0.5, 0.6) is 0 Å². The van der Waals surface area contributed by atoms with Gasteiger partial charge in [-0.1, -0.05) is 37.6 Å². The summed E-state index contributed by atoms with van der Waals surface area (Å²) in [5, 5.41) is 6.53. The number of aryl methyl sites for hydroxylation is 2. The number of carbonyl (C=O) groups is 1. The van der Waals surface area contributed by atoms with Crippen molar-refractivity contribution in [3.8, 4) is 0 Å². The lowest BCUT2D eigenvalue weighted by Gasteiger charge is -2.12. The third kappa shape index (κ3) is 4.81. The zero-order valence-corrected chi connectivity index (χ0v) is 19.7. The maximum absolute atomic E-state index is 13.3. The van der Waals surface area contributed by atoms with Crippen molar-refractivity contribution < 1.29 is 4.79 Å². The van der Waals surface area contributed by atoms with Gasteiger partial charge in [0.15, 0.2) is 5.16 Å². The van der Waals surface area contributed by atoms with E-state index in [4.69, 9.17) is 4.98 Å². The highest BCUT2D eigenvalue weighted by Gasteiger charge is 2.23. The lowest BCUT2D eigenvalue weighted by atomic mass is 10.2. The first kappa shape index (κ1) is 21.6. The Morgan fingerprint density at radius 1 is 1.33 bits per heavy atom. The minimum Gasteiger partial charge on any atom is -0.355 e. The van der Waals surface area contributed by atoms with Crippen LogP contribution in [-0.2, 0) is 30.6 Å². The van der Waals surface area contributed by atoms with E-state index in [1.807, 2.05) is 16.0 Å². The van der Waals surface area contributed by atoms with E-state index in [2.05, 4.69) is 18.3 Å². The summed E-state index contributed by atoms with van der Waals surface area (Å²) in [6.07, 6.45) is 7.17. The summed E-state index contributed by atoms with van der Waals surface area (Å²) in [6, 6.07) is 4.11. The largest absolute Gasteiger partial charge is 0.355 e. The number of unbranched alkanes of at least 4 members (excludes halogenated alkanes) is 2. The van der Waals surface area contributed by atoms with Gasteiger partial charge in [0, 0.05) is 22.8 Å². The molecule has 3 aromatic rings. The molecule has 3 heterocycles. The van der Waals surface area contributed by atoms with Crippen LogP contribution in [0.3, 0.4) is 0 Å². The van der Waals surface area contributed by atoms with Crippen LogP contribution >= 0.6 is 34.4 Å². The molecule has 1 N–H and O–H groups in total. The van der Waals surface area contributed by atoms with Crippen molar-refractivity contribution in [2.24, 2.45) is 0 Å². The van der Waals surface area contributed by atoms with Gasteiger partial charge in [-0.3, -0.25) is 14.2 Å². The zero-order chi connectivity index (χ0) is 20.9. The van der Waals surface area contributed by atoms with E-state index < -0.39 is 0 Å². The number of hydrogen-bond acceptors (Lipinski definition) is 6. The van der Waals surface area contributed by atoms with Gasteiger partial charge in [0.2, 0.25) is 5.91 Å². The molecule has 1 aliphatic rings. The third-order valence-electron chi connectivity index (χ3n) is 5.38. The fraction of sp³-hybridized carbons (Fsp3) is 0.500. The molecule has 0 fully saturated rings. The van der Waals surface area contributed by atoms with E-state index >= 15 is 0 Å². The normalized spacial score (nSPS) is 13.1. The quantitative estimate of drug-likeness (QED) is 0.271. The van der Waals surface area contributed by atoms with Crippen LogP contribution in [0.25, 0.3) is 10.2 Å². The molecule has 160 valence electrons. The summed E-state index contributed by atoms with van der Waals surface area (Å²) in [5.74, 6) is 0.265. The van der Waals surface area contributed by atoms with Gasteiger partial charge in [-0.2, -0.15) is 0 Å². The molecule has 4 rings (SSSR count). The first-order chi connectivity index (χ1) is 14.7. The van der Waals surface area contributed by atoms with Crippen molar-refractivity contribution in [1.82, 2.24) is 14.9 Å². The summed E-state index contributed by atoms with van der Waals surface area (Å²) in [6.45, 7) is 3.46. The Morgan fingerprint density at radius 3 is 3.03 bits per heavy atom. The van der Waals surface area contributed by atoms with E-state index in [9.17, 15) is 9.59 Å². The van der Waals surface area contributed by atoms with E-state index in [1.165, 1.54) is 27.1 Å². The highest BCUT2D eigenvalue weighted by atomic mass is 32.2. The van der Waals surface area contributed by atoms with E-state index in [0.717, 1.165) is 55.2 Å². The predicted molar refractivity (Wildman–Crippen MR) is 127 cm³/mol. The highest BCUT2D eigenvalue weighted by Crippen LogP contribution is 2.35. The topological polar surface area (TPSA) is 64.0 Å². The fourth-order valence-corrected chi connectivity index (χ4v) is 6.71. The zero-order valence-electron chi connectivity index (χ0n) is 17.2. The number of rotatable bonds is 10. The summed E-state index contributed by atoms with van der Waals surface area (Å²) in [7, 11) is 0. The standard InChI is InChI=1S/C22H27N3O2S3/c1-2-3-4-12-25-21(27)19-16-8-5-9-17(16)30-20(19)24-22(25)29-14-18(26)23-11-10-15-7-6-13-28-15/h6-7,13H,2-5,8-12,14H2,1H3,(H,23,26). The van der Waals surface area contributed by atoms with Crippen LogP contribution in [0.1, 0.15) is 47.9 Å². The number of fused-ring (bicyclic) bond motifs is 3. The molecule has 0 atom stereocenters. The van der Waals surface area contributed by atoms with Crippen molar-refractivity contribution in [3.63, 3.8) is 0 Å². The first-order valence-corrected chi connectivity index (χ1v) is 13.3. The molecule has 1 amide bonds. The third-order valence-corrected chi connectivity index (χ3v) is 8.48. The maximum atomic E-state index is 13.3. The number of hydrogen-bond donors (Lipinski definition) is 1. The number of carbonyl (C=O) groups excluding carboxylic acids is 1. The highest BCUT2D eigenvalue weighted by molar-refractivity contribution is 7.99. The van der Waals surface area contributed by atoms with Gasteiger partial charge in [0.25, 0.3) is 5.56 Å². The molecular formula is C22H27N3O2S3. The number of thiophene rings is 2. The maximum Gasteiger partial charge on any atom is 0.263 e. The van der Waals surface area contributed by atoms with Crippen LogP contribution in [0.4, 0.5) is 0 Å². The van der Waals surface area contributed by atoms with Crippen molar-refractivity contribution in [2.45, 2.75) is 63.6 Å².